The van der Waals surface area contributed by atoms with Crippen LogP contribution in [0.15, 0.2) is 24.4 Å². The third kappa shape index (κ3) is 4.23. The first-order valence-electron chi connectivity index (χ1n) is 7.34. The van der Waals surface area contributed by atoms with Crippen LogP contribution in [0.5, 0.6) is 0 Å². The van der Waals surface area contributed by atoms with Gasteiger partial charge in [0.05, 0.1) is 9.88 Å². The van der Waals surface area contributed by atoms with E-state index in [9.17, 15) is 14.4 Å². The summed E-state index contributed by atoms with van der Waals surface area (Å²) in [5.41, 5.74) is 5.24. The summed E-state index contributed by atoms with van der Waals surface area (Å²) in [7, 11) is 0. The van der Waals surface area contributed by atoms with E-state index in [0.29, 0.717) is 15.6 Å². The van der Waals surface area contributed by atoms with Crippen LogP contribution in [0, 0.1) is 12.3 Å². The van der Waals surface area contributed by atoms with Gasteiger partial charge >= 0.3 is 0 Å². The van der Waals surface area contributed by atoms with E-state index < -0.39 is 17.2 Å². The van der Waals surface area contributed by atoms with Crippen LogP contribution in [0.3, 0.4) is 0 Å². The molecule has 3 amide bonds. The number of aromatic amines is 1. The Hall–Kier alpha value is -2.61. The average Bonchev–Trinajstić information content (AvgIpc) is 3.13. The molecule has 0 radical (unpaired) electrons. The maximum atomic E-state index is 12.2. The van der Waals surface area contributed by atoms with Crippen molar-refractivity contribution in [2.75, 3.05) is 5.32 Å². The Morgan fingerprint density at radius 3 is 2.38 bits per heavy atom. The number of nitrogens with one attached hydrogen (secondary N) is 4. The maximum Gasteiger partial charge on any atom is 0.286 e. The van der Waals surface area contributed by atoms with Crippen LogP contribution in [-0.2, 0) is 4.79 Å². The van der Waals surface area contributed by atoms with Crippen molar-refractivity contribution in [2.24, 2.45) is 5.41 Å². The third-order valence-corrected chi connectivity index (χ3v) is 4.33. The van der Waals surface area contributed by atoms with Gasteiger partial charge in [-0.3, -0.25) is 25.2 Å². The second-order valence-electron chi connectivity index (χ2n) is 6.32. The van der Waals surface area contributed by atoms with Crippen LogP contribution in [0.25, 0.3) is 0 Å². The molecule has 0 aliphatic rings. The van der Waals surface area contributed by atoms with Crippen LogP contribution in [-0.4, -0.2) is 22.7 Å². The number of carbonyl (C=O) groups excluding carboxylic acids is 3. The summed E-state index contributed by atoms with van der Waals surface area (Å²) in [5, 5.41) is 3.38. The fraction of sp³-hybridized carbons (Fsp3) is 0.312. The molecule has 0 aromatic carbocycles. The van der Waals surface area contributed by atoms with Crippen molar-refractivity contribution in [3.63, 3.8) is 0 Å². The summed E-state index contributed by atoms with van der Waals surface area (Å²) < 4.78 is 0. The zero-order valence-electron chi connectivity index (χ0n) is 13.9. The van der Waals surface area contributed by atoms with Crippen molar-refractivity contribution in [1.82, 2.24) is 15.8 Å². The van der Waals surface area contributed by atoms with Gasteiger partial charge in [0.1, 0.15) is 5.69 Å². The Kier molecular flexibility index (Phi) is 5.08. The number of hydrogen-bond donors (Lipinski definition) is 4. The fourth-order valence-electron chi connectivity index (χ4n) is 1.78. The lowest BCUT2D eigenvalue weighted by molar-refractivity contribution is -0.123. The monoisotopic (exact) mass is 348 g/mol. The van der Waals surface area contributed by atoms with Crippen molar-refractivity contribution in [2.45, 2.75) is 27.7 Å². The highest BCUT2D eigenvalue weighted by molar-refractivity contribution is 7.18. The molecular formula is C16H20N4O3S. The van der Waals surface area contributed by atoms with E-state index in [-0.39, 0.29) is 5.91 Å². The molecule has 2 aromatic rings. The van der Waals surface area contributed by atoms with Crippen LogP contribution in [0.1, 0.15) is 46.5 Å². The minimum atomic E-state index is -0.523. The van der Waals surface area contributed by atoms with Gasteiger partial charge in [-0.15, -0.1) is 11.3 Å². The predicted molar refractivity (Wildman–Crippen MR) is 92.9 cm³/mol. The van der Waals surface area contributed by atoms with Crippen LogP contribution in [0.2, 0.25) is 0 Å². The highest BCUT2D eigenvalue weighted by atomic mass is 32.1. The number of carbonyl (C=O) groups is 3. The van der Waals surface area contributed by atoms with Crippen molar-refractivity contribution in [1.29, 1.82) is 0 Å². The van der Waals surface area contributed by atoms with Gasteiger partial charge in [-0.25, -0.2) is 0 Å². The molecule has 0 atom stereocenters. The largest absolute Gasteiger partial charge is 0.357 e. The topological polar surface area (TPSA) is 103 Å². The van der Waals surface area contributed by atoms with Crippen molar-refractivity contribution >= 4 is 34.1 Å². The fourth-order valence-corrected chi connectivity index (χ4v) is 2.74. The van der Waals surface area contributed by atoms with Gasteiger partial charge in [0, 0.05) is 11.6 Å². The Morgan fingerprint density at radius 1 is 1.12 bits per heavy atom. The van der Waals surface area contributed by atoms with Crippen LogP contribution in [0.4, 0.5) is 5.00 Å². The summed E-state index contributed by atoms with van der Waals surface area (Å²) in [6.45, 7) is 7.20. The van der Waals surface area contributed by atoms with E-state index >= 15 is 0 Å². The van der Waals surface area contributed by atoms with Gasteiger partial charge in [-0.2, -0.15) is 0 Å². The molecule has 2 aromatic heterocycles. The smallest absolute Gasteiger partial charge is 0.286 e. The van der Waals surface area contributed by atoms with E-state index in [2.05, 4.69) is 21.2 Å². The lowest BCUT2D eigenvalue weighted by Crippen LogP contribution is -2.41. The summed E-state index contributed by atoms with van der Waals surface area (Å²) in [6.07, 6.45) is 1.62. The quantitative estimate of drug-likeness (QED) is 0.641. The zero-order chi connectivity index (χ0) is 17.9. The number of H-pyrrole nitrogens is 1. The molecule has 0 fully saturated rings. The molecule has 0 saturated carbocycles. The number of aryl methyl sites for hydroxylation is 1. The molecule has 2 rings (SSSR count). The Bertz CT molecular complexity index is 757. The number of hydrogen-bond acceptors (Lipinski definition) is 4. The van der Waals surface area contributed by atoms with E-state index in [1.165, 1.54) is 0 Å². The maximum absolute atomic E-state index is 12.2. The van der Waals surface area contributed by atoms with Gasteiger partial charge in [-0.05, 0) is 30.7 Å². The molecule has 7 nitrogen and oxygen atoms in total. The lowest BCUT2D eigenvalue weighted by Gasteiger charge is -2.16. The number of anilines is 1. The van der Waals surface area contributed by atoms with Gasteiger partial charge in [0.25, 0.3) is 11.8 Å². The van der Waals surface area contributed by atoms with Crippen molar-refractivity contribution in [3.8, 4) is 0 Å². The van der Waals surface area contributed by atoms with Crippen molar-refractivity contribution < 1.29 is 14.4 Å². The molecule has 0 saturated heterocycles. The highest BCUT2D eigenvalue weighted by Gasteiger charge is 2.23. The van der Waals surface area contributed by atoms with Gasteiger partial charge < -0.3 is 10.3 Å². The lowest BCUT2D eigenvalue weighted by atomic mass is 9.96. The molecule has 8 heteroatoms. The number of rotatable bonds is 3. The first-order valence-corrected chi connectivity index (χ1v) is 8.16. The van der Waals surface area contributed by atoms with Crippen LogP contribution >= 0.6 is 11.3 Å². The van der Waals surface area contributed by atoms with Gasteiger partial charge in [0.2, 0.25) is 5.91 Å². The molecule has 0 spiro atoms. The van der Waals surface area contributed by atoms with Crippen LogP contribution < -0.4 is 16.2 Å². The molecule has 0 bridgehead atoms. The zero-order valence-corrected chi connectivity index (χ0v) is 14.8. The second-order valence-corrected chi connectivity index (χ2v) is 7.37. The average molecular weight is 348 g/mol. The number of amides is 3. The SMILES string of the molecule is Cc1cc(NC(=O)C(C)(C)C)sc1C(=O)NNC(=O)c1ccc[nH]1. The van der Waals surface area contributed by atoms with Gasteiger partial charge in [-0.1, -0.05) is 20.8 Å². The molecule has 4 N–H and O–H groups in total. The minimum Gasteiger partial charge on any atom is -0.357 e. The first kappa shape index (κ1) is 17.7. The van der Waals surface area contributed by atoms with Gasteiger partial charge in [0.15, 0.2) is 0 Å². The van der Waals surface area contributed by atoms with E-state index in [1.807, 2.05) is 20.8 Å². The Labute approximate surface area is 143 Å². The third-order valence-electron chi connectivity index (χ3n) is 3.17. The summed E-state index contributed by atoms with van der Waals surface area (Å²) in [5.74, 6) is -1.01. The number of hydrazine groups is 1. The molecule has 2 heterocycles. The van der Waals surface area contributed by atoms with E-state index in [1.54, 1.807) is 31.3 Å². The predicted octanol–water partition coefficient (Wildman–Crippen LogP) is 2.44. The summed E-state index contributed by atoms with van der Waals surface area (Å²) in [6, 6.07) is 5.01. The molecular weight excluding hydrogens is 328 g/mol. The van der Waals surface area contributed by atoms with Crippen molar-refractivity contribution in [3.05, 3.63) is 40.5 Å². The second kappa shape index (κ2) is 6.88. The minimum absolute atomic E-state index is 0.129. The molecule has 0 unspecified atom stereocenters. The summed E-state index contributed by atoms with van der Waals surface area (Å²) in [4.78, 5) is 39.1. The normalized spacial score (nSPS) is 11.0. The van der Waals surface area contributed by atoms with E-state index in [0.717, 1.165) is 16.9 Å². The first-order chi connectivity index (χ1) is 11.2. The summed E-state index contributed by atoms with van der Waals surface area (Å²) >= 11 is 1.16. The Morgan fingerprint density at radius 2 is 1.79 bits per heavy atom. The van der Waals surface area contributed by atoms with E-state index in [4.69, 9.17) is 0 Å². The molecule has 0 aliphatic carbocycles. The standard InChI is InChI=1S/C16H20N4O3S/c1-9-8-11(18-15(23)16(2,3)4)24-12(9)14(22)20-19-13(21)10-6-5-7-17-10/h5-8,17H,1-4H3,(H,18,23)(H,19,21)(H,20,22). The molecule has 0 aliphatic heterocycles. The Balaban J connectivity index is 2.00. The molecule has 128 valence electrons. The number of thiophene rings is 1. The highest BCUT2D eigenvalue weighted by Crippen LogP contribution is 2.28. The number of aromatic nitrogens is 1. The molecule has 24 heavy (non-hydrogen) atoms.